The van der Waals surface area contributed by atoms with E-state index in [-0.39, 0.29) is 5.41 Å². The van der Waals surface area contributed by atoms with Crippen molar-refractivity contribution in [2.24, 2.45) is 11.1 Å². The molecule has 0 radical (unpaired) electrons. The fourth-order valence-electron chi connectivity index (χ4n) is 3.37. The summed E-state index contributed by atoms with van der Waals surface area (Å²) in [5, 5.41) is 0. The molecule has 0 bridgehead atoms. The number of carbonyl (C=O) groups excluding carboxylic acids is 1. The van der Waals surface area contributed by atoms with Crippen molar-refractivity contribution in [1.29, 1.82) is 0 Å². The number of amides is 1. The van der Waals surface area contributed by atoms with Crippen LogP contribution in [-0.2, 0) is 17.3 Å². The van der Waals surface area contributed by atoms with E-state index in [1.165, 1.54) is 12.1 Å². The lowest BCUT2D eigenvalue weighted by Gasteiger charge is -2.26. The minimum atomic E-state index is -4.36. The fraction of sp³-hybridized carbons (Fsp3) is 0.316. The molecule has 1 unspecified atom stereocenters. The summed E-state index contributed by atoms with van der Waals surface area (Å²) >= 11 is 0. The first-order valence-electron chi connectivity index (χ1n) is 7.84. The van der Waals surface area contributed by atoms with Gasteiger partial charge in [0.15, 0.2) is 0 Å². The van der Waals surface area contributed by atoms with Crippen LogP contribution in [0.2, 0.25) is 0 Å². The highest BCUT2D eigenvalue weighted by molar-refractivity contribution is 5.68. The maximum Gasteiger partial charge on any atom is 0.416 e. The first-order valence-corrected chi connectivity index (χ1v) is 7.84. The normalized spacial score (nSPS) is 18.7. The Morgan fingerprint density at radius 1 is 1.12 bits per heavy atom. The second kappa shape index (κ2) is 5.79. The molecule has 2 aromatic rings. The fourth-order valence-corrected chi connectivity index (χ4v) is 3.37. The van der Waals surface area contributed by atoms with Gasteiger partial charge in [0.2, 0.25) is 0 Å². The molecule has 0 fully saturated rings. The minimum Gasteiger partial charge on any atom is -0.441 e. The lowest BCUT2D eigenvalue weighted by atomic mass is 9.87. The standard InChI is InChI=1S/C19H18F3NO2/c1-18(2)10-13-4-3-12(9-15(13)16(18)25-17(23)24)11-5-7-14(8-6-11)19(20,21)22/h3-9,16H,10H2,1-2H3,(H2,23,24). The zero-order chi connectivity index (χ0) is 18.4. The molecular formula is C19H18F3NO2. The number of primary amides is 1. The number of carbonyl (C=O) groups is 1. The molecular weight excluding hydrogens is 331 g/mol. The van der Waals surface area contributed by atoms with Gasteiger partial charge < -0.3 is 10.5 Å². The quantitative estimate of drug-likeness (QED) is 0.821. The molecule has 6 heteroatoms. The van der Waals surface area contributed by atoms with E-state index in [9.17, 15) is 18.0 Å². The van der Waals surface area contributed by atoms with Gasteiger partial charge in [-0.3, -0.25) is 0 Å². The van der Waals surface area contributed by atoms with Crippen LogP contribution in [-0.4, -0.2) is 6.09 Å². The summed E-state index contributed by atoms with van der Waals surface area (Å²) in [5.74, 6) is 0. The molecule has 25 heavy (non-hydrogen) atoms. The Hall–Kier alpha value is -2.50. The summed E-state index contributed by atoms with van der Waals surface area (Å²) in [6, 6.07) is 10.6. The number of fused-ring (bicyclic) bond motifs is 1. The van der Waals surface area contributed by atoms with Gasteiger partial charge in [0.25, 0.3) is 0 Å². The third-order valence-electron chi connectivity index (χ3n) is 4.56. The molecule has 0 aromatic heterocycles. The molecule has 0 aliphatic heterocycles. The smallest absolute Gasteiger partial charge is 0.416 e. The third kappa shape index (κ3) is 3.34. The summed E-state index contributed by atoms with van der Waals surface area (Å²) in [7, 11) is 0. The van der Waals surface area contributed by atoms with Crippen molar-refractivity contribution < 1.29 is 22.7 Å². The van der Waals surface area contributed by atoms with E-state index in [1.54, 1.807) is 0 Å². The first-order chi connectivity index (χ1) is 11.6. The van der Waals surface area contributed by atoms with E-state index < -0.39 is 23.9 Å². The summed E-state index contributed by atoms with van der Waals surface area (Å²) in [6.07, 6.45) is -4.95. The van der Waals surface area contributed by atoms with Crippen LogP contribution in [0.15, 0.2) is 42.5 Å². The maximum absolute atomic E-state index is 12.7. The monoisotopic (exact) mass is 349 g/mol. The van der Waals surface area contributed by atoms with Gasteiger partial charge >= 0.3 is 12.3 Å². The summed E-state index contributed by atoms with van der Waals surface area (Å²) in [4.78, 5) is 11.2. The highest BCUT2D eigenvalue weighted by atomic mass is 19.4. The highest BCUT2D eigenvalue weighted by Crippen LogP contribution is 2.48. The molecule has 0 saturated heterocycles. The van der Waals surface area contributed by atoms with E-state index in [0.717, 1.165) is 35.2 Å². The van der Waals surface area contributed by atoms with E-state index >= 15 is 0 Å². The zero-order valence-electron chi connectivity index (χ0n) is 13.9. The summed E-state index contributed by atoms with van der Waals surface area (Å²) in [5.41, 5.74) is 7.54. The van der Waals surface area contributed by atoms with E-state index in [2.05, 4.69) is 0 Å². The van der Waals surface area contributed by atoms with Gasteiger partial charge in [-0.2, -0.15) is 13.2 Å². The zero-order valence-corrected chi connectivity index (χ0v) is 13.9. The second-order valence-corrected chi connectivity index (χ2v) is 6.97. The van der Waals surface area contributed by atoms with Gasteiger partial charge in [0.05, 0.1) is 5.56 Å². The molecule has 132 valence electrons. The summed E-state index contributed by atoms with van der Waals surface area (Å²) < 4.78 is 43.4. The van der Waals surface area contributed by atoms with Crippen LogP contribution >= 0.6 is 0 Å². The number of nitrogens with two attached hydrogens (primary N) is 1. The van der Waals surface area contributed by atoms with Crippen LogP contribution in [0.25, 0.3) is 11.1 Å². The van der Waals surface area contributed by atoms with Gasteiger partial charge in [-0.15, -0.1) is 0 Å². The number of ether oxygens (including phenoxy) is 1. The van der Waals surface area contributed by atoms with Crippen molar-refractivity contribution in [3.05, 3.63) is 59.2 Å². The lowest BCUT2D eigenvalue weighted by Crippen LogP contribution is -2.25. The van der Waals surface area contributed by atoms with Crippen LogP contribution in [0.4, 0.5) is 18.0 Å². The number of benzene rings is 2. The highest BCUT2D eigenvalue weighted by Gasteiger charge is 2.41. The minimum absolute atomic E-state index is 0.296. The molecule has 1 amide bonds. The second-order valence-electron chi connectivity index (χ2n) is 6.97. The molecule has 3 nitrogen and oxygen atoms in total. The van der Waals surface area contributed by atoms with Crippen LogP contribution in [0, 0.1) is 5.41 Å². The molecule has 1 aliphatic carbocycles. The number of hydrogen-bond acceptors (Lipinski definition) is 2. The van der Waals surface area contributed by atoms with Crippen LogP contribution in [0.3, 0.4) is 0 Å². The van der Waals surface area contributed by atoms with Crippen LogP contribution < -0.4 is 5.73 Å². The molecule has 0 heterocycles. The summed E-state index contributed by atoms with van der Waals surface area (Å²) in [6.45, 7) is 3.97. The number of alkyl halides is 3. The first kappa shape index (κ1) is 17.3. The van der Waals surface area contributed by atoms with Gasteiger partial charge in [0, 0.05) is 5.41 Å². The Kier molecular flexibility index (Phi) is 4.01. The maximum atomic E-state index is 12.7. The van der Waals surface area contributed by atoms with Gasteiger partial charge in [-0.1, -0.05) is 38.1 Å². The molecule has 0 saturated carbocycles. The number of halogens is 3. The van der Waals surface area contributed by atoms with Crippen LogP contribution in [0.1, 0.15) is 36.6 Å². The van der Waals surface area contributed by atoms with E-state index in [0.29, 0.717) is 5.56 Å². The SMILES string of the molecule is CC1(C)Cc2ccc(-c3ccc(C(F)(F)F)cc3)cc2C1OC(N)=O. The average Bonchev–Trinajstić information content (AvgIpc) is 2.76. The number of rotatable bonds is 2. The molecule has 1 atom stereocenters. The van der Waals surface area contributed by atoms with Crippen molar-refractivity contribution in [2.75, 3.05) is 0 Å². The Balaban J connectivity index is 1.98. The molecule has 2 aromatic carbocycles. The Bertz CT molecular complexity index is 810. The Labute approximate surface area is 143 Å². The van der Waals surface area contributed by atoms with Crippen molar-refractivity contribution in [2.45, 2.75) is 32.5 Å². The van der Waals surface area contributed by atoms with Gasteiger partial charge in [-0.05, 0) is 46.9 Å². The van der Waals surface area contributed by atoms with E-state index in [1.807, 2.05) is 32.0 Å². The lowest BCUT2D eigenvalue weighted by molar-refractivity contribution is -0.137. The number of hydrogen-bond donors (Lipinski definition) is 1. The molecule has 0 spiro atoms. The predicted octanol–water partition coefficient (Wildman–Crippen LogP) is 5.09. The predicted molar refractivity (Wildman–Crippen MR) is 87.8 cm³/mol. The van der Waals surface area contributed by atoms with Gasteiger partial charge in [-0.25, -0.2) is 4.79 Å². The largest absolute Gasteiger partial charge is 0.441 e. The van der Waals surface area contributed by atoms with Crippen molar-refractivity contribution in [3.8, 4) is 11.1 Å². The van der Waals surface area contributed by atoms with Crippen molar-refractivity contribution in [3.63, 3.8) is 0 Å². The Morgan fingerprint density at radius 3 is 2.28 bits per heavy atom. The van der Waals surface area contributed by atoms with E-state index in [4.69, 9.17) is 10.5 Å². The molecule has 3 rings (SSSR count). The molecule has 2 N–H and O–H groups in total. The topological polar surface area (TPSA) is 52.3 Å². The molecule has 1 aliphatic rings. The van der Waals surface area contributed by atoms with Gasteiger partial charge in [0.1, 0.15) is 6.10 Å². The van der Waals surface area contributed by atoms with Crippen molar-refractivity contribution in [1.82, 2.24) is 0 Å². The van der Waals surface area contributed by atoms with Crippen LogP contribution in [0.5, 0.6) is 0 Å². The third-order valence-corrected chi connectivity index (χ3v) is 4.56. The Morgan fingerprint density at radius 2 is 1.72 bits per heavy atom. The van der Waals surface area contributed by atoms with Crippen molar-refractivity contribution >= 4 is 6.09 Å². The average molecular weight is 349 g/mol.